The summed E-state index contributed by atoms with van der Waals surface area (Å²) in [6, 6.07) is 5.98. The van der Waals surface area contributed by atoms with E-state index in [1.54, 1.807) is 0 Å². The second-order valence-electron chi connectivity index (χ2n) is 1.98. The molecule has 0 unspecified atom stereocenters. The Balaban J connectivity index is 2.82. The maximum Gasteiger partial charge on any atom is 0.425 e. The van der Waals surface area contributed by atoms with Crippen LogP contribution >= 0.6 is 11.6 Å². The average Bonchev–Trinajstić information content (AvgIpc) is 2.06. The standard InChI is InChI=1S/C8H4ClO3/c9-7-3-1-6(2-4-7)8(11)12-5-10/h1-4H. The summed E-state index contributed by atoms with van der Waals surface area (Å²) < 4.78 is 3.98. The minimum absolute atomic E-state index is 0.266. The van der Waals surface area contributed by atoms with Crippen LogP contribution in [0, 0.1) is 0 Å². The number of carbonyl (C=O) groups is 1. The molecular weight excluding hydrogens is 180 g/mol. The third-order valence-corrected chi connectivity index (χ3v) is 1.47. The van der Waals surface area contributed by atoms with Crippen LogP contribution in [0.1, 0.15) is 10.4 Å². The van der Waals surface area contributed by atoms with Gasteiger partial charge in [-0.3, -0.25) is 0 Å². The van der Waals surface area contributed by atoms with Gasteiger partial charge >= 0.3 is 12.4 Å². The first-order chi connectivity index (χ1) is 5.74. The Bertz CT molecular complexity index is 292. The summed E-state index contributed by atoms with van der Waals surface area (Å²) in [7, 11) is 0. The first kappa shape index (κ1) is 8.74. The highest BCUT2D eigenvalue weighted by Crippen LogP contribution is 2.09. The van der Waals surface area contributed by atoms with Crippen LogP contribution in [0.3, 0.4) is 0 Å². The zero-order valence-corrected chi connectivity index (χ0v) is 6.67. The number of ether oxygens (including phenoxy) is 1. The van der Waals surface area contributed by atoms with Gasteiger partial charge in [-0.15, -0.1) is 0 Å². The molecule has 0 saturated heterocycles. The monoisotopic (exact) mass is 183 g/mol. The minimum Gasteiger partial charge on any atom is -0.381 e. The zero-order chi connectivity index (χ0) is 8.97. The molecule has 0 spiro atoms. The summed E-state index contributed by atoms with van der Waals surface area (Å²) in [5, 5.41) is 0.515. The molecule has 0 bridgehead atoms. The molecule has 1 radical (unpaired) electrons. The smallest absolute Gasteiger partial charge is 0.381 e. The Hall–Kier alpha value is -1.35. The number of rotatable bonds is 2. The number of halogens is 1. The molecule has 0 aromatic heterocycles. The van der Waals surface area contributed by atoms with Crippen molar-refractivity contribution in [2.24, 2.45) is 0 Å². The van der Waals surface area contributed by atoms with Crippen LogP contribution < -0.4 is 0 Å². The third-order valence-electron chi connectivity index (χ3n) is 1.21. The lowest BCUT2D eigenvalue weighted by Gasteiger charge is -1.95. The summed E-state index contributed by atoms with van der Waals surface area (Å²) in [6.07, 6.45) is 0. The molecule has 0 aliphatic carbocycles. The lowest BCUT2D eigenvalue weighted by Crippen LogP contribution is -2.02. The van der Waals surface area contributed by atoms with E-state index in [2.05, 4.69) is 4.74 Å². The van der Waals surface area contributed by atoms with Crippen LogP contribution in [-0.4, -0.2) is 12.4 Å². The Morgan fingerprint density at radius 3 is 2.42 bits per heavy atom. The highest BCUT2D eigenvalue weighted by Gasteiger charge is 2.05. The molecular formula is C8H4ClO3. The average molecular weight is 184 g/mol. The van der Waals surface area contributed by atoms with Crippen molar-refractivity contribution < 1.29 is 14.3 Å². The summed E-state index contributed by atoms with van der Waals surface area (Å²) in [5.74, 6) is -0.735. The van der Waals surface area contributed by atoms with Gasteiger partial charge in [0.15, 0.2) is 0 Å². The molecule has 0 aliphatic rings. The highest BCUT2D eigenvalue weighted by atomic mass is 35.5. The van der Waals surface area contributed by atoms with Gasteiger partial charge in [-0.05, 0) is 24.3 Å². The molecule has 3 nitrogen and oxygen atoms in total. The van der Waals surface area contributed by atoms with Crippen molar-refractivity contribution in [3.8, 4) is 0 Å². The normalized spacial score (nSPS) is 9.08. The summed E-state index contributed by atoms with van der Waals surface area (Å²) >= 11 is 5.56. The first-order valence-electron chi connectivity index (χ1n) is 3.08. The molecule has 1 aromatic rings. The SMILES string of the molecule is O=[C]OC(=O)c1ccc(Cl)cc1. The van der Waals surface area contributed by atoms with Crippen LogP contribution in [0.4, 0.5) is 0 Å². The molecule has 0 atom stereocenters. The van der Waals surface area contributed by atoms with Crippen molar-refractivity contribution in [1.29, 1.82) is 0 Å². The van der Waals surface area contributed by atoms with Gasteiger partial charge in [0, 0.05) is 5.02 Å². The number of carbonyl (C=O) groups excluding carboxylic acids is 2. The molecule has 0 N–H and O–H groups in total. The largest absolute Gasteiger partial charge is 0.425 e. The predicted octanol–water partition coefficient (Wildman–Crippen LogP) is 1.56. The Labute approximate surface area is 73.9 Å². The van der Waals surface area contributed by atoms with Crippen molar-refractivity contribution >= 4 is 24.0 Å². The fraction of sp³-hybridized carbons (Fsp3) is 0. The van der Waals surface area contributed by atoms with E-state index in [4.69, 9.17) is 11.6 Å². The quantitative estimate of drug-likeness (QED) is 0.516. The molecule has 4 heteroatoms. The van der Waals surface area contributed by atoms with Crippen molar-refractivity contribution in [3.63, 3.8) is 0 Å². The predicted molar refractivity (Wildman–Crippen MR) is 42.6 cm³/mol. The van der Waals surface area contributed by atoms with Gasteiger partial charge < -0.3 is 4.74 Å². The molecule has 61 valence electrons. The lowest BCUT2D eigenvalue weighted by molar-refractivity contribution is 0.0710. The number of benzene rings is 1. The maximum absolute atomic E-state index is 10.8. The number of hydrogen-bond acceptors (Lipinski definition) is 3. The van der Waals surface area contributed by atoms with Crippen LogP contribution in [0.5, 0.6) is 0 Å². The number of esters is 1. The van der Waals surface area contributed by atoms with Gasteiger partial charge in [0.1, 0.15) is 0 Å². The van der Waals surface area contributed by atoms with Crippen LogP contribution in [0.15, 0.2) is 24.3 Å². The van der Waals surface area contributed by atoms with Gasteiger partial charge in [-0.1, -0.05) is 11.6 Å². The third kappa shape index (κ3) is 2.07. The fourth-order valence-corrected chi connectivity index (χ4v) is 0.809. The molecule has 0 fully saturated rings. The van der Waals surface area contributed by atoms with E-state index in [0.717, 1.165) is 6.47 Å². The van der Waals surface area contributed by atoms with Crippen LogP contribution in [-0.2, 0) is 9.53 Å². The molecule has 0 amide bonds. The summed E-state index contributed by atoms with van der Waals surface area (Å²) in [6.45, 7) is 1.05. The van der Waals surface area contributed by atoms with E-state index < -0.39 is 5.97 Å². The summed E-state index contributed by atoms with van der Waals surface area (Å²) in [5.41, 5.74) is 0.266. The first-order valence-corrected chi connectivity index (χ1v) is 3.45. The summed E-state index contributed by atoms with van der Waals surface area (Å²) in [4.78, 5) is 20.5. The van der Waals surface area contributed by atoms with Crippen molar-refractivity contribution in [2.75, 3.05) is 0 Å². The second kappa shape index (κ2) is 3.88. The minimum atomic E-state index is -0.735. The zero-order valence-electron chi connectivity index (χ0n) is 5.91. The number of hydrogen-bond donors (Lipinski definition) is 0. The maximum atomic E-state index is 10.8. The molecule has 0 aliphatic heterocycles. The Morgan fingerprint density at radius 2 is 1.92 bits per heavy atom. The van der Waals surface area contributed by atoms with Crippen molar-refractivity contribution in [3.05, 3.63) is 34.9 Å². The van der Waals surface area contributed by atoms with Gasteiger partial charge in [0.2, 0.25) is 0 Å². The fourth-order valence-electron chi connectivity index (χ4n) is 0.683. The Kier molecular flexibility index (Phi) is 2.82. The molecule has 0 heterocycles. The van der Waals surface area contributed by atoms with Crippen LogP contribution in [0.2, 0.25) is 5.02 Å². The van der Waals surface area contributed by atoms with E-state index in [0.29, 0.717) is 5.02 Å². The Morgan fingerprint density at radius 1 is 1.33 bits per heavy atom. The molecule has 1 rings (SSSR count). The molecule has 12 heavy (non-hydrogen) atoms. The van der Waals surface area contributed by atoms with E-state index in [1.807, 2.05) is 0 Å². The van der Waals surface area contributed by atoms with E-state index in [9.17, 15) is 9.59 Å². The van der Waals surface area contributed by atoms with Crippen LogP contribution in [0.25, 0.3) is 0 Å². The van der Waals surface area contributed by atoms with E-state index >= 15 is 0 Å². The van der Waals surface area contributed by atoms with Crippen molar-refractivity contribution in [1.82, 2.24) is 0 Å². The molecule has 1 aromatic carbocycles. The van der Waals surface area contributed by atoms with Crippen molar-refractivity contribution in [2.45, 2.75) is 0 Å². The van der Waals surface area contributed by atoms with Gasteiger partial charge in [-0.2, -0.15) is 0 Å². The lowest BCUT2D eigenvalue weighted by atomic mass is 10.2. The van der Waals surface area contributed by atoms with Gasteiger partial charge in [0.05, 0.1) is 5.56 Å². The topological polar surface area (TPSA) is 43.4 Å². The highest BCUT2D eigenvalue weighted by molar-refractivity contribution is 6.30. The molecule has 0 saturated carbocycles. The second-order valence-corrected chi connectivity index (χ2v) is 2.42. The van der Waals surface area contributed by atoms with Gasteiger partial charge in [-0.25, -0.2) is 9.59 Å². The van der Waals surface area contributed by atoms with Gasteiger partial charge in [0.25, 0.3) is 0 Å². The van der Waals surface area contributed by atoms with E-state index in [1.165, 1.54) is 24.3 Å². The van der Waals surface area contributed by atoms with E-state index in [-0.39, 0.29) is 5.56 Å².